The van der Waals surface area contributed by atoms with Crippen LogP contribution in [0, 0.1) is 0 Å². The van der Waals surface area contributed by atoms with Gasteiger partial charge in [-0.1, -0.05) is 12.1 Å². The summed E-state index contributed by atoms with van der Waals surface area (Å²) in [5, 5.41) is 12.7. The van der Waals surface area contributed by atoms with Crippen LogP contribution >= 0.6 is 0 Å². The molecule has 0 fully saturated rings. The molecule has 0 aliphatic carbocycles. The Bertz CT molecular complexity index is 510. The third kappa shape index (κ3) is 2.67. The van der Waals surface area contributed by atoms with Crippen molar-refractivity contribution in [3.8, 4) is 5.69 Å². The van der Waals surface area contributed by atoms with E-state index in [4.69, 9.17) is 10.8 Å². The summed E-state index contributed by atoms with van der Waals surface area (Å²) in [7, 11) is 0. The van der Waals surface area contributed by atoms with Crippen LogP contribution in [0.1, 0.15) is 18.0 Å². The first-order valence-electron chi connectivity index (χ1n) is 5.09. The third-order valence-electron chi connectivity index (χ3n) is 2.38. The van der Waals surface area contributed by atoms with Crippen LogP contribution in [0.3, 0.4) is 0 Å². The first kappa shape index (κ1) is 11.3. The van der Waals surface area contributed by atoms with Gasteiger partial charge in [-0.05, 0) is 17.7 Å². The van der Waals surface area contributed by atoms with Gasteiger partial charge in [-0.25, -0.2) is 9.67 Å². The molecule has 1 atom stereocenters. The van der Waals surface area contributed by atoms with Gasteiger partial charge in [-0.3, -0.25) is 4.79 Å². The van der Waals surface area contributed by atoms with Gasteiger partial charge in [-0.15, -0.1) is 0 Å². The third-order valence-corrected chi connectivity index (χ3v) is 2.38. The van der Waals surface area contributed by atoms with E-state index in [2.05, 4.69) is 10.1 Å². The Labute approximate surface area is 97.7 Å². The molecule has 0 saturated heterocycles. The monoisotopic (exact) mass is 232 g/mol. The number of carbonyl (C=O) groups is 1. The minimum absolute atomic E-state index is 0.0964. The molecule has 2 aromatic rings. The fraction of sp³-hybridized carbons (Fsp3) is 0.182. The lowest BCUT2D eigenvalue weighted by Crippen LogP contribution is -2.15. The fourth-order valence-electron chi connectivity index (χ4n) is 1.55. The maximum atomic E-state index is 10.6. The van der Waals surface area contributed by atoms with Crippen LogP contribution < -0.4 is 5.73 Å². The van der Waals surface area contributed by atoms with Crippen molar-refractivity contribution in [2.45, 2.75) is 12.5 Å². The van der Waals surface area contributed by atoms with Crippen molar-refractivity contribution in [3.05, 3.63) is 42.5 Å². The van der Waals surface area contributed by atoms with Crippen LogP contribution in [0.2, 0.25) is 0 Å². The van der Waals surface area contributed by atoms with Crippen LogP contribution in [0.15, 0.2) is 36.9 Å². The molecule has 1 aromatic carbocycles. The minimum Gasteiger partial charge on any atom is -0.481 e. The van der Waals surface area contributed by atoms with Crippen molar-refractivity contribution in [2.24, 2.45) is 5.73 Å². The highest BCUT2D eigenvalue weighted by atomic mass is 16.4. The molecule has 0 spiro atoms. The van der Waals surface area contributed by atoms with Crippen molar-refractivity contribution < 1.29 is 9.90 Å². The highest BCUT2D eigenvalue weighted by molar-refractivity contribution is 5.68. The topological polar surface area (TPSA) is 94.0 Å². The molecule has 0 amide bonds. The van der Waals surface area contributed by atoms with Crippen molar-refractivity contribution in [1.29, 1.82) is 0 Å². The lowest BCUT2D eigenvalue weighted by Gasteiger charge is -2.10. The molecule has 0 radical (unpaired) electrons. The van der Waals surface area contributed by atoms with Crippen LogP contribution in [0.5, 0.6) is 0 Å². The molecule has 3 N–H and O–H groups in total. The van der Waals surface area contributed by atoms with Gasteiger partial charge < -0.3 is 10.8 Å². The highest BCUT2D eigenvalue weighted by Crippen LogP contribution is 2.17. The lowest BCUT2D eigenvalue weighted by atomic mass is 10.0. The SMILES string of the molecule is NC(CC(=O)O)c1cccc(-n2cncn2)c1. The molecule has 2 rings (SSSR count). The summed E-state index contributed by atoms with van der Waals surface area (Å²) in [6.07, 6.45) is 2.91. The molecule has 6 heteroatoms. The van der Waals surface area contributed by atoms with Crippen molar-refractivity contribution >= 4 is 5.97 Å². The molecular formula is C11H12N4O2. The quantitative estimate of drug-likeness (QED) is 0.810. The highest BCUT2D eigenvalue weighted by Gasteiger charge is 2.11. The van der Waals surface area contributed by atoms with E-state index in [0.29, 0.717) is 0 Å². The Hall–Kier alpha value is -2.21. The number of carboxylic acids is 1. The molecule has 1 heterocycles. The molecular weight excluding hydrogens is 220 g/mol. The molecule has 0 aliphatic heterocycles. The molecule has 6 nitrogen and oxygen atoms in total. The Kier molecular flexibility index (Phi) is 3.15. The fourth-order valence-corrected chi connectivity index (χ4v) is 1.55. The second-order valence-electron chi connectivity index (χ2n) is 3.64. The zero-order valence-corrected chi connectivity index (χ0v) is 9.02. The summed E-state index contributed by atoms with van der Waals surface area (Å²) in [6, 6.07) is 6.76. The van der Waals surface area contributed by atoms with Gasteiger partial charge in [-0.2, -0.15) is 5.10 Å². The largest absolute Gasteiger partial charge is 0.481 e. The Morgan fingerprint density at radius 3 is 3.00 bits per heavy atom. The van der Waals surface area contributed by atoms with E-state index >= 15 is 0 Å². The Morgan fingerprint density at radius 1 is 1.53 bits per heavy atom. The van der Waals surface area contributed by atoms with E-state index < -0.39 is 12.0 Å². The predicted molar refractivity (Wildman–Crippen MR) is 60.5 cm³/mol. The smallest absolute Gasteiger partial charge is 0.305 e. The van der Waals surface area contributed by atoms with E-state index in [-0.39, 0.29) is 6.42 Å². The van der Waals surface area contributed by atoms with Gasteiger partial charge in [0.1, 0.15) is 12.7 Å². The zero-order valence-electron chi connectivity index (χ0n) is 9.02. The maximum absolute atomic E-state index is 10.6. The van der Waals surface area contributed by atoms with Crippen LogP contribution in [-0.2, 0) is 4.79 Å². The molecule has 17 heavy (non-hydrogen) atoms. The number of hydrogen-bond acceptors (Lipinski definition) is 4. The molecule has 0 bridgehead atoms. The van der Waals surface area contributed by atoms with Crippen LogP contribution in [0.25, 0.3) is 5.69 Å². The van der Waals surface area contributed by atoms with Gasteiger partial charge in [0.15, 0.2) is 0 Å². The summed E-state index contributed by atoms with van der Waals surface area (Å²) in [4.78, 5) is 14.4. The first-order chi connectivity index (χ1) is 8.16. The predicted octanol–water partition coefficient (Wildman–Crippen LogP) is 0.742. The zero-order chi connectivity index (χ0) is 12.3. The number of hydrogen-bond donors (Lipinski definition) is 2. The van der Waals surface area contributed by atoms with E-state index in [1.807, 2.05) is 18.2 Å². The molecule has 1 aromatic heterocycles. The maximum Gasteiger partial charge on any atom is 0.305 e. The van der Waals surface area contributed by atoms with Crippen LogP contribution in [0.4, 0.5) is 0 Å². The van der Waals surface area contributed by atoms with Crippen molar-refractivity contribution in [2.75, 3.05) is 0 Å². The van der Waals surface area contributed by atoms with Gasteiger partial charge >= 0.3 is 5.97 Å². The second kappa shape index (κ2) is 4.75. The van der Waals surface area contributed by atoms with Gasteiger partial charge in [0.05, 0.1) is 12.1 Å². The number of nitrogens with two attached hydrogens (primary N) is 1. The van der Waals surface area contributed by atoms with Gasteiger partial charge in [0.2, 0.25) is 0 Å². The molecule has 0 aliphatic rings. The molecule has 1 unspecified atom stereocenters. The van der Waals surface area contributed by atoms with E-state index in [9.17, 15) is 4.79 Å². The van der Waals surface area contributed by atoms with E-state index in [1.165, 1.54) is 6.33 Å². The number of aromatic nitrogens is 3. The normalized spacial score (nSPS) is 12.3. The summed E-state index contributed by atoms with van der Waals surface area (Å²) in [5.74, 6) is -0.913. The summed E-state index contributed by atoms with van der Waals surface area (Å²) in [5.41, 5.74) is 7.36. The van der Waals surface area contributed by atoms with Crippen molar-refractivity contribution in [1.82, 2.24) is 14.8 Å². The Morgan fingerprint density at radius 2 is 2.35 bits per heavy atom. The summed E-state index contributed by atoms with van der Waals surface area (Å²) < 4.78 is 1.59. The number of rotatable bonds is 4. The number of carboxylic acid groups (broad SMARTS) is 1. The average molecular weight is 232 g/mol. The number of benzene rings is 1. The molecule has 88 valence electrons. The minimum atomic E-state index is -0.913. The number of aliphatic carboxylic acids is 1. The number of nitrogens with zero attached hydrogens (tertiary/aromatic N) is 3. The van der Waals surface area contributed by atoms with Crippen LogP contribution in [-0.4, -0.2) is 25.8 Å². The standard InChI is InChI=1S/C11H12N4O2/c12-10(5-11(16)17)8-2-1-3-9(4-8)15-7-13-6-14-15/h1-4,6-7,10H,5,12H2,(H,16,17). The Balaban J connectivity index is 2.25. The average Bonchev–Trinajstić information content (AvgIpc) is 2.82. The molecule has 0 saturated carbocycles. The van der Waals surface area contributed by atoms with Gasteiger partial charge in [0.25, 0.3) is 0 Å². The summed E-state index contributed by atoms with van der Waals surface area (Å²) in [6.45, 7) is 0. The second-order valence-corrected chi connectivity index (χ2v) is 3.64. The summed E-state index contributed by atoms with van der Waals surface area (Å²) >= 11 is 0. The first-order valence-corrected chi connectivity index (χ1v) is 5.09. The van der Waals surface area contributed by atoms with E-state index in [0.717, 1.165) is 11.3 Å². The van der Waals surface area contributed by atoms with Crippen molar-refractivity contribution in [3.63, 3.8) is 0 Å². The van der Waals surface area contributed by atoms with Gasteiger partial charge in [0, 0.05) is 6.04 Å². The lowest BCUT2D eigenvalue weighted by molar-refractivity contribution is -0.137. The van der Waals surface area contributed by atoms with E-state index in [1.54, 1.807) is 17.1 Å².